The van der Waals surface area contributed by atoms with E-state index < -0.39 is 0 Å². The van der Waals surface area contributed by atoms with Gasteiger partial charge in [-0.3, -0.25) is 4.99 Å². The quantitative estimate of drug-likeness (QED) is 0.278. The molecule has 3 aromatic rings. The first-order chi connectivity index (χ1) is 10.6. The zero-order valence-electron chi connectivity index (χ0n) is 11.7. The minimum Gasteiger partial charge on any atom is -0.358 e. The summed E-state index contributed by atoms with van der Waals surface area (Å²) < 4.78 is 1.51. The summed E-state index contributed by atoms with van der Waals surface area (Å²) in [4.78, 5) is 16.0. The van der Waals surface area contributed by atoms with Gasteiger partial charge in [-0.2, -0.15) is 0 Å². The highest BCUT2D eigenvalue weighted by molar-refractivity contribution is 14.1. The molecule has 5 nitrogen and oxygen atoms in total. The Kier molecular flexibility index (Phi) is 3.63. The van der Waals surface area contributed by atoms with E-state index in [0.29, 0.717) is 4.05 Å². The van der Waals surface area contributed by atoms with E-state index in [9.17, 15) is 0 Å². The van der Waals surface area contributed by atoms with Crippen molar-refractivity contribution in [3.05, 3.63) is 38.2 Å². The van der Waals surface area contributed by atoms with Gasteiger partial charge in [0.1, 0.15) is 9.41 Å². The van der Waals surface area contributed by atoms with E-state index in [0.717, 1.165) is 39.8 Å². The van der Waals surface area contributed by atoms with Crippen molar-refractivity contribution in [1.29, 1.82) is 0 Å². The molecule has 0 fully saturated rings. The fourth-order valence-corrected chi connectivity index (χ4v) is 3.57. The third kappa shape index (κ3) is 2.43. The third-order valence-corrected chi connectivity index (χ3v) is 5.72. The van der Waals surface area contributed by atoms with Crippen molar-refractivity contribution < 1.29 is 0 Å². The number of hydrogen-bond donors (Lipinski definition) is 3. The van der Waals surface area contributed by atoms with E-state index in [1.165, 1.54) is 9.13 Å². The topological polar surface area (TPSA) is 68.9 Å². The minimum absolute atomic E-state index is 0.293. The fraction of sp³-hybridized carbons (Fsp3) is 0.200. The van der Waals surface area contributed by atoms with Gasteiger partial charge in [0.25, 0.3) is 0 Å². The van der Waals surface area contributed by atoms with E-state index >= 15 is 0 Å². The van der Waals surface area contributed by atoms with Crippen LogP contribution in [0.1, 0.15) is 12.0 Å². The van der Waals surface area contributed by atoms with Crippen molar-refractivity contribution in [2.45, 2.75) is 17.4 Å². The minimum atomic E-state index is 0.293. The molecule has 1 unspecified atom stereocenters. The molecule has 7 heteroatoms. The van der Waals surface area contributed by atoms with Crippen LogP contribution in [-0.2, 0) is 0 Å². The Bertz CT molecular complexity index is 985. The Morgan fingerprint density at radius 1 is 1.36 bits per heavy atom. The van der Waals surface area contributed by atoms with Crippen LogP contribution in [0.2, 0.25) is 0 Å². The molecule has 2 aromatic heterocycles. The number of alkyl halides is 1. The van der Waals surface area contributed by atoms with Crippen LogP contribution in [0.5, 0.6) is 0 Å². The number of halogens is 2. The largest absolute Gasteiger partial charge is 0.358 e. The molecule has 1 aromatic carbocycles. The molecule has 112 valence electrons. The molecule has 22 heavy (non-hydrogen) atoms. The summed E-state index contributed by atoms with van der Waals surface area (Å²) in [6, 6.07) is 4.16. The van der Waals surface area contributed by atoms with E-state index in [-0.39, 0.29) is 0 Å². The van der Waals surface area contributed by atoms with E-state index in [2.05, 4.69) is 90.6 Å². The number of anilines is 2. The van der Waals surface area contributed by atoms with E-state index in [1.807, 2.05) is 6.20 Å². The summed E-state index contributed by atoms with van der Waals surface area (Å²) >= 11 is 4.69. The number of nitrogens with one attached hydrogen (secondary N) is 3. The molecule has 1 aliphatic rings. The van der Waals surface area contributed by atoms with Crippen LogP contribution in [0.15, 0.2) is 23.3 Å². The van der Waals surface area contributed by atoms with Gasteiger partial charge in [-0.1, -0.05) is 28.7 Å². The Balaban J connectivity index is 1.78. The number of fused-ring (bicyclic) bond motifs is 2. The molecule has 3 N–H and O–H groups in total. The number of imidazole rings is 1. The first-order valence-electron chi connectivity index (χ1n) is 6.93. The van der Waals surface area contributed by atoms with E-state index in [4.69, 9.17) is 4.99 Å². The van der Waals surface area contributed by atoms with Gasteiger partial charge in [-0.05, 0) is 53.6 Å². The Morgan fingerprint density at radius 2 is 2.23 bits per heavy atom. The summed E-state index contributed by atoms with van der Waals surface area (Å²) in [5.41, 5.74) is 4.21. The highest BCUT2D eigenvalue weighted by Gasteiger charge is 2.12. The predicted octanol–water partition coefficient (Wildman–Crippen LogP) is 3.11. The summed E-state index contributed by atoms with van der Waals surface area (Å²) in [6.45, 7) is 2.10. The molecule has 0 spiro atoms. The highest BCUT2D eigenvalue weighted by atomic mass is 127. The van der Waals surface area contributed by atoms with E-state index in [1.54, 1.807) is 0 Å². The standard InChI is InChI=1S/C15H13I2N5/c1-7-8(16)2-3-10-13(7)22-15(19-10)20-11-6-18-9-4-5-12(17)21-14(9)11/h2-4,6,12,18H,5H2,1H3,(H2,19,20,22). The van der Waals surface area contributed by atoms with Crippen molar-refractivity contribution in [2.24, 2.45) is 4.99 Å². The number of hydrogen-bond acceptors (Lipinski definition) is 3. The molecule has 0 aliphatic carbocycles. The molecule has 1 aliphatic heterocycles. The number of aryl methyl sites for hydroxylation is 1. The van der Waals surface area contributed by atoms with Gasteiger partial charge in [-0.15, -0.1) is 0 Å². The number of benzene rings is 1. The first kappa shape index (κ1) is 14.5. The summed E-state index contributed by atoms with van der Waals surface area (Å²) in [6.07, 6.45) is 5.11. The molecule has 0 amide bonds. The molecule has 0 radical (unpaired) electrons. The third-order valence-electron chi connectivity index (χ3n) is 3.76. The highest BCUT2D eigenvalue weighted by Crippen LogP contribution is 2.23. The molecule has 0 saturated heterocycles. The maximum atomic E-state index is 4.71. The molecule has 0 bridgehead atoms. The lowest BCUT2D eigenvalue weighted by molar-refractivity contribution is 0.925. The monoisotopic (exact) mass is 517 g/mol. The van der Waals surface area contributed by atoms with Crippen LogP contribution in [-0.4, -0.2) is 19.0 Å². The maximum absolute atomic E-state index is 4.71. The van der Waals surface area contributed by atoms with Crippen molar-refractivity contribution >= 4 is 73.9 Å². The Morgan fingerprint density at radius 3 is 3.09 bits per heavy atom. The Hall–Kier alpha value is -1.10. The van der Waals surface area contributed by atoms with Gasteiger partial charge < -0.3 is 15.3 Å². The second-order valence-corrected chi connectivity index (χ2v) is 7.85. The average molecular weight is 517 g/mol. The van der Waals surface area contributed by atoms with Crippen LogP contribution < -0.4 is 16.0 Å². The molecule has 1 atom stereocenters. The van der Waals surface area contributed by atoms with Gasteiger partial charge in [0.2, 0.25) is 5.95 Å². The van der Waals surface area contributed by atoms with Crippen molar-refractivity contribution in [3.63, 3.8) is 0 Å². The number of rotatable bonds is 2. The van der Waals surface area contributed by atoms with Gasteiger partial charge in [0.05, 0.1) is 22.1 Å². The normalized spacial score (nSPS) is 17.0. The Labute approximate surface area is 154 Å². The second-order valence-electron chi connectivity index (χ2n) is 5.25. The average Bonchev–Trinajstić information content (AvgIpc) is 3.08. The van der Waals surface area contributed by atoms with Crippen LogP contribution in [0.4, 0.5) is 11.6 Å². The summed E-state index contributed by atoms with van der Waals surface area (Å²) in [5, 5.41) is 5.42. The molecule has 0 saturated carbocycles. The second kappa shape index (κ2) is 5.52. The molecule has 3 heterocycles. The molecular formula is C15H13I2N5. The van der Waals surface area contributed by atoms with Gasteiger partial charge >= 0.3 is 0 Å². The SMILES string of the molecule is Cc1c(I)ccc2[nH]c(Nc3c[nH]c4c3=NC(I)CC=4)nc12. The number of H-pyrrole nitrogens is 2. The van der Waals surface area contributed by atoms with Crippen molar-refractivity contribution in [1.82, 2.24) is 15.0 Å². The fourth-order valence-electron chi connectivity index (χ4n) is 2.60. The number of aromatic amines is 2. The van der Waals surface area contributed by atoms with Crippen LogP contribution >= 0.6 is 45.2 Å². The van der Waals surface area contributed by atoms with Gasteiger partial charge in [0.15, 0.2) is 0 Å². The zero-order chi connectivity index (χ0) is 15.3. The van der Waals surface area contributed by atoms with Crippen molar-refractivity contribution in [3.8, 4) is 0 Å². The predicted molar refractivity (Wildman–Crippen MR) is 105 cm³/mol. The summed E-state index contributed by atoms with van der Waals surface area (Å²) in [5.74, 6) is 0.743. The van der Waals surface area contributed by atoms with Crippen LogP contribution in [0.25, 0.3) is 17.1 Å². The number of nitrogens with zero attached hydrogens (tertiary/aromatic N) is 2. The van der Waals surface area contributed by atoms with Gasteiger partial charge in [0, 0.05) is 9.77 Å². The lowest BCUT2D eigenvalue weighted by Crippen LogP contribution is -2.29. The number of aromatic nitrogens is 3. The van der Waals surface area contributed by atoms with Crippen molar-refractivity contribution in [2.75, 3.05) is 5.32 Å². The smallest absolute Gasteiger partial charge is 0.205 e. The molecule has 4 rings (SSSR count). The first-order valence-corrected chi connectivity index (χ1v) is 9.25. The van der Waals surface area contributed by atoms with Crippen LogP contribution in [0.3, 0.4) is 0 Å². The van der Waals surface area contributed by atoms with Crippen LogP contribution in [0, 0.1) is 10.5 Å². The lowest BCUT2D eigenvalue weighted by Gasteiger charge is -2.04. The maximum Gasteiger partial charge on any atom is 0.205 e. The van der Waals surface area contributed by atoms with Gasteiger partial charge in [-0.25, -0.2) is 4.98 Å². The molecular weight excluding hydrogens is 504 g/mol. The lowest BCUT2D eigenvalue weighted by atomic mass is 10.2. The summed E-state index contributed by atoms with van der Waals surface area (Å²) in [7, 11) is 0. The zero-order valence-corrected chi connectivity index (χ0v) is 16.1.